The predicted molar refractivity (Wildman–Crippen MR) is 82.2 cm³/mol. The number of esters is 1. The SMILES string of the molecule is C=C(C)C(=O)OCCCCCCCCCCC(C)C. The number of carbonyl (C=O) groups is 1. The molecule has 0 heterocycles. The van der Waals surface area contributed by atoms with Crippen LogP contribution in [-0.2, 0) is 9.53 Å². The molecular weight excluding hydrogens is 236 g/mol. The van der Waals surface area contributed by atoms with Crippen molar-refractivity contribution in [3.8, 4) is 0 Å². The smallest absolute Gasteiger partial charge is 0.333 e. The fraction of sp³-hybridized carbons (Fsp3) is 0.824. The Morgan fingerprint density at radius 1 is 0.947 bits per heavy atom. The normalized spacial score (nSPS) is 10.7. The van der Waals surface area contributed by atoms with E-state index in [9.17, 15) is 4.79 Å². The number of carbonyl (C=O) groups excluding carboxylic acids is 1. The quantitative estimate of drug-likeness (QED) is 0.274. The van der Waals surface area contributed by atoms with Gasteiger partial charge in [-0.05, 0) is 19.3 Å². The molecule has 0 radical (unpaired) electrons. The second kappa shape index (κ2) is 12.3. The van der Waals surface area contributed by atoms with E-state index in [4.69, 9.17) is 4.74 Å². The van der Waals surface area contributed by atoms with E-state index in [1.54, 1.807) is 6.92 Å². The van der Waals surface area contributed by atoms with Crippen LogP contribution >= 0.6 is 0 Å². The Hall–Kier alpha value is -0.790. The standard InChI is InChI=1S/C17H32O2/c1-15(2)13-11-9-7-5-6-8-10-12-14-19-17(18)16(3)4/h15H,3,5-14H2,1-2,4H3. The zero-order valence-corrected chi connectivity index (χ0v) is 13.2. The van der Waals surface area contributed by atoms with E-state index in [1.807, 2.05) is 0 Å². The summed E-state index contributed by atoms with van der Waals surface area (Å²) in [4.78, 5) is 11.1. The molecule has 0 fully saturated rings. The maximum atomic E-state index is 11.1. The molecule has 0 aromatic heterocycles. The van der Waals surface area contributed by atoms with Crippen LogP contribution in [0.1, 0.15) is 78.6 Å². The van der Waals surface area contributed by atoms with Crippen molar-refractivity contribution in [2.75, 3.05) is 6.61 Å². The molecule has 0 aliphatic carbocycles. The largest absolute Gasteiger partial charge is 0.462 e. The van der Waals surface area contributed by atoms with E-state index in [0.717, 1.165) is 18.8 Å². The molecule has 0 atom stereocenters. The second-order valence-electron chi connectivity index (χ2n) is 5.93. The molecule has 2 nitrogen and oxygen atoms in total. The average Bonchev–Trinajstić information content (AvgIpc) is 2.35. The average molecular weight is 268 g/mol. The zero-order chi connectivity index (χ0) is 14.5. The Morgan fingerprint density at radius 3 is 1.89 bits per heavy atom. The zero-order valence-electron chi connectivity index (χ0n) is 13.2. The highest BCUT2D eigenvalue weighted by Gasteiger charge is 2.01. The number of ether oxygens (including phenoxy) is 1. The van der Waals surface area contributed by atoms with Gasteiger partial charge in [0.15, 0.2) is 0 Å². The molecule has 0 rings (SSSR count). The van der Waals surface area contributed by atoms with Gasteiger partial charge in [-0.3, -0.25) is 0 Å². The van der Waals surface area contributed by atoms with Gasteiger partial charge >= 0.3 is 5.97 Å². The summed E-state index contributed by atoms with van der Waals surface area (Å²) in [5, 5.41) is 0. The second-order valence-corrected chi connectivity index (χ2v) is 5.93. The molecule has 2 heteroatoms. The van der Waals surface area contributed by atoms with Crippen LogP contribution in [0.15, 0.2) is 12.2 Å². The van der Waals surface area contributed by atoms with Crippen molar-refractivity contribution < 1.29 is 9.53 Å². The highest BCUT2D eigenvalue weighted by molar-refractivity contribution is 5.86. The number of unbranched alkanes of at least 4 members (excludes halogenated alkanes) is 7. The maximum absolute atomic E-state index is 11.1. The van der Waals surface area contributed by atoms with Gasteiger partial charge in [0.2, 0.25) is 0 Å². The molecular formula is C17H32O2. The van der Waals surface area contributed by atoms with Gasteiger partial charge < -0.3 is 4.74 Å². The Bertz CT molecular complexity index is 244. The topological polar surface area (TPSA) is 26.3 Å². The van der Waals surface area contributed by atoms with Gasteiger partial charge in [0.05, 0.1) is 6.61 Å². The molecule has 0 aromatic carbocycles. The number of rotatable bonds is 12. The highest BCUT2D eigenvalue weighted by Crippen LogP contribution is 2.12. The first kappa shape index (κ1) is 18.2. The lowest BCUT2D eigenvalue weighted by molar-refractivity contribution is -0.139. The van der Waals surface area contributed by atoms with Gasteiger partial charge in [0, 0.05) is 5.57 Å². The minimum Gasteiger partial charge on any atom is -0.462 e. The van der Waals surface area contributed by atoms with Gasteiger partial charge in [-0.2, -0.15) is 0 Å². The maximum Gasteiger partial charge on any atom is 0.333 e. The number of hydrogen-bond acceptors (Lipinski definition) is 2. The first-order chi connectivity index (χ1) is 9.04. The first-order valence-electron chi connectivity index (χ1n) is 7.86. The molecule has 0 bridgehead atoms. The minimum atomic E-state index is -0.259. The van der Waals surface area contributed by atoms with Gasteiger partial charge in [0.25, 0.3) is 0 Å². The van der Waals surface area contributed by atoms with Crippen LogP contribution in [0.25, 0.3) is 0 Å². The molecule has 0 aliphatic rings. The molecule has 0 aromatic rings. The summed E-state index contributed by atoms with van der Waals surface area (Å²) in [6, 6.07) is 0. The molecule has 0 spiro atoms. The van der Waals surface area contributed by atoms with Crippen LogP contribution < -0.4 is 0 Å². The molecule has 0 amide bonds. The van der Waals surface area contributed by atoms with Crippen molar-refractivity contribution in [3.05, 3.63) is 12.2 Å². The van der Waals surface area contributed by atoms with Crippen molar-refractivity contribution in [2.45, 2.75) is 78.6 Å². The number of hydrogen-bond donors (Lipinski definition) is 0. The summed E-state index contributed by atoms with van der Waals surface area (Å²) in [5.74, 6) is 0.590. The molecule has 112 valence electrons. The van der Waals surface area contributed by atoms with Crippen molar-refractivity contribution in [3.63, 3.8) is 0 Å². The summed E-state index contributed by atoms with van der Waals surface area (Å²) >= 11 is 0. The third kappa shape index (κ3) is 13.4. The van der Waals surface area contributed by atoms with E-state index in [1.165, 1.54) is 44.9 Å². The Morgan fingerprint density at radius 2 is 1.42 bits per heavy atom. The lowest BCUT2D eigenvalue weighted by Gasteiger charge is -2.05. The third-order valence-electron chi connectivity index (χ3n) is 3.26. The molecule has 0 unspecified atom stereocenters. The highest BCUT2D eigenvalue weighted by atomic mass is 16.5. The van der Waals surface area contributed by atoms with Crippen molar-refractivity contribution in [1.82, 2.24) is 0 Å². The van der Waals surface area contributed by atoms with Crippen LogP contribution in [0.5, 0.6) is 0 Å². The van der Waals surface area contributed by atoms with Gasteiger partial charge in [-0.15, -0.1) is 0 Å². The molecule has 0 N–H and O–H groups in total. The molecule has 19 heavy (non-hydrogen) atoms. The van der Waals surface area contributed by atoms with Crippen LogP contribution in [0, 0.1) is 5.92 Å². The van der Waals surface area contributed by atoms with Crippen molar-refractivity contribution in [2.24, 2.45) is 5.92 Å². The van der Waals surface area contributed by atoms with E-state index < -0.39 is 0 Å². The van der Waals surface area contributed by atoms with E-state index in [0.29, 0.717) is 12.2 Å². The van der Waals surface area contributed by atoms with Crippen LogP contribution in [0.3, 0.4) is 0 Å². The molecule has 0 aliphatic heterocycles. The fourth-order valence-electron chi connectivity index (χ4n) is 2.00. The first-order valence-corrected chi connectivity index (χ1v) is 7.86. The van der Waals surface area contributed by atoms with Gasteiger partial charge in [-0.25, -0.2) is 4.79 Å². The van der Waals surface area contributed by atoms with Gasteiger partial charge in [0.1, 0.15) is 0 Å². The van der Waals surface area contributed by atoms with Crippen molar-refractivity contribution >= 4 is 5.97 Å². The Labute approximate surface area is 119 Å². The monoisotopic (exact) mass is 268 g/mol. The summed E-state index contributed by atoms with van der Waals surface area (Å²) < 4.78 is 5.05. The van der Waals surface area contributed by atoms with Crippen LogP contribution in [0.2, 0.25) is 0 Å². The van der Waals surface area contributed by atoms with Gasteiger partial charge in [-0.1, -0.05) is 71.8 Å². The van der Waals surface area contributed by atoms with E-state index in [2.05, 4.69) is 20.4 Å². The third-order valence-corrected chi connectivity index (χ3v) is 3.26. The molecule has 0 saturated heterocycles. The van der Waals surface area contributed by atoms with Crippen LogP contribution in [0.4, 0.5) is 0 Å². The Balaban J connectivity index is 3.11. The molecule has 0 saturated carbocycles. The summed E-state index contributed by atoms with van der Waals surface area (Å²) in [7, 11) is 0. The van der Waals surface area contributed by atoms with E-state index in [-0.39, 0.29) is 5.97 Å². The summed E-state index contributed by atoms with van der Waals surface area (Å²) in [5.41, 5.74) is 0.487. The minimum absolute atomic E-state index is 0.259. The summed E-state index contributed by atoms with van der Waals surface area (Å²) in [6.45, 7) is 10.4. The van der Waals surface area contributed by atoms with Crippen molar-refractivity contribution in [1.29, 1.82) is 0 Å². The lowest BCUT2D eigenvalue weighted by Crippen LogP contribution is -2.05. The fourth-order valence-corrected chi connectivity index (χ4v) is 2.00. The van der Waals surface area contributed by atoms with Crippen LogP contribution in [-0.4, -0.2) is 12.6 Å². The lowest BCUT2D eigenvalue weighted by atomic mass is 10.0. The predicted octanol–water partition coefficient (Wildman–Crippen LogP) is 5.27. The summed E-state index contributed by atoms with van der Waals surface area (Å²) in [6.07, 6.45) is 11.6. The Kier molecular flexibility index (Phi) is 11.7. The van der Waals surface area contributed by atoms with E-state index >= 15 is 0 Å².